The second-order valence-electron chi connectivity index (χ2n) is 6.81. The standard InChI is InChI=1S/C19H25ClN2O3S2/c1-14-12-22(13-15(2)25-14)27(23,24)10-9-21-11-16-7-8-19(26-16)17-5-3-4-6-18(17)20/h3-8,14-15,21H,9-13H2,1-2H3. The van der Waals surface area contributed by atoms with Crippen molar-refractivity contribution in [3.63, 3.8) is 0 Å². The van der Waals surface area contributed by atoms with Crippen molar-refractivity contribution >= 4 is 33.0 Å². The van der Waals surface area contributed by atoms with E-state index in [0.717, 1.165) is 20.3 Å². The highest BCUT2D eigenvalue weighted by Crippen LogP contribution is 2.33. The molecule has 0 radical (unpaired) electrons. The van der Waals surface area contributed by atoms with E-state index in [1.54, 1.807) is 15.6 Å². The van der Waals surface area contributed by atoms with Crippen molar-refractivity contribution in [1.82, 2.24) is 9.62 Å². The number of nitrogens with one attached hydrogen (secondary N) is 1. The average molecular weight is 429 g/mol. The van der Waals surface area contributed by atoms with Gasteiger partial charge in [0.15, 0.2) is 0 Å². The molecule has 5 nitrogen and oxygen atoms in total. The molecule has 0 amide bonds. The van der Waals surface area contributed by atoms with Crippen molar-refractivity contribution in [1.29, 1.82) is 0 Å². The minimum absolute atomic E-state index is 0.0640. The first-order valence-corrected chi connectivity index (χ1v) is 11.8. The Bertz CT molecular complexity index is 859. The molecule has 2 aromatic rings. The minimum atomic E-state index is -3.27. The summed E-state index contributed by atoms with van der Waals surface area (Å²) in [6, 6.07) is 11.9. The maximum Gasteiger partial charge on any atom is 0.215 e. The molecule has 2 heterocycles. The van der Waals surface area contributed by atoms with Crippen LogP contribution in [0.1, 0.15) is 18.7 Å². The maximum atomic E-state index is 12.5. The molecule has 0 saturated carbocycles. The third-order valence-corrected chi connectivity index (χ3v) is 7.67. The van der Waals surface area contributed by atoms with Crippen LogP contribution in [-0.4, -0.2) is 50.3 Å². The van der Waals surface area contributed by atoms with Gasteiger partial charge in [-0.05, 0) is 32.0 Å². The van der Waals surface area contributed by atoms with E-state index in [0.29, 0.717) is 26.2 Å². The molecule has 8 heteroatoms. The molecule has 1 aliphatic rings. The zero-order valence-electron chi connectivity index (χ0n) is 15.5. The molecule has 0 aliphatic carbocycles. The third-order valence-electron chi connectivity index (χ3n) is 4.42. The largest absolute Gasteiger partial charge is 0.373 e. The van der Waals surface area contributed by atoms with Gasteiger partial charge in [-0.25, -0.2) is 8.42 Å². The molecule has 0 bridgehead atoms. The lowest BCUT2D eigenvalue weighted by Crippen LogP contribution is -2.49. The number of halogens is 1. The van der Waals surface area contributed by atoms with Crippen LogP contribution in [-0.2, 0) is 21.3 Å². The summed E-state index contributed by atoms with van der Waals surface area (Å²) in [7, 11) is -3.27. The van der Waals surface area contributed by atoms with E-state index in [1.165, 1.54) is 0 Å². The van der Waals surface area contributed by atoms with Gasteiger partial charge in [0.05, 0.1) is 18.0 Å². The normalized spacial score (nSPS) is 21.4. The summed E-state index contributed by atoms with van der Waals surface area (Å²) in [6.07, 6.45) is -0.128. The summed E-state index contributed by atoms with van der Waals surface area (Å²) in [4.78, 5) is 2.26. The van der Waals surface area contributed by atoms with E-state index >= 15 is 0 Å². The minimum Gasteiger partial charge on any atom is -0.373 e. The molecule has 1 aromatic carbocycles. The smallest absolute Gasteiger partial charge is 0.215 e. The Hall–Kier alpha value is -0.960. The van der Waals surface area contributed by atoms with Crippen LogP contribution in [0, 0.1) is 0 Å². The monoisotopic (exact) mass is 428 g/mol. The van der Waals surface area contributed by atoms with Crippen molar-refractivity contribution in [3.8, 4) is 10.4 Å². The number of sulfonamides is 1. The maximum absolute atomic E-state index is 12.5. The van der Waals surface area contributed by atoms with Gasteiger partial charge in [0.25, 0.3) is 0 Å². The number of benzene rings is 1. The van der Waals surface area contributed by atoms with Gasteiger partial charge in [-0.3, -0.25) is 0 Å². The number of nitrogens with zero attached hydrogens (tertiary/aromatic N) is 1. The molecule has 1 aliphatic heterocycles. The van der Waals surface area contributed by atoms with E-state index in [1.807, 2.05) is 38.1 Å². The Kier molecular flexibility index (Phi) is 6.94. The van der Waals surface area contributed by atoms with Crippen molar-refractivity contribution in [2.24, 2.45) is 0 Å². The molecule has 1 N–H and O–H groups in total. The van der Waals surface area contributed by atoms with Crippen molar-refractivity contribution < 1.29 is 13.2 Å². The first-order chi connectivity index (χ1) is 12.8. The fraction of sp³-hybridized carbons (Fsp3) is 0.474. The van der Waals surface area contributed by atoms with E-state index in [2.05, 4.69) is 17.4 Å². The highest BCUT2D eigenvalue weighted by atomic mass is 35.5. The first-order valence-electron chi connectivity index (χ1n) is 9.03. The second-order valence-corrected chi connectivity index (χ2v) is 10.5. The quantitative estimate of drug-likeness (QED) is 0.684. The Morgan fingerprint density at radius 1 is 1.19 bits per heavy atom. The third kappa shape index (κ3) is 5.53. The second kappa shape index (κ2) is 9.03. The number of hydrogen-bond acceptors (Lipinski definition) is 5. The van der Waals surface area contributed by atoms with Crippen molar-refractivity contribution in [3.05, 3.63) is 46.3 Å². The van der Waals surface area contributed by atoms with Crippen molar-refractivity contribution in [2.45, 2.75) is 32.6 Å². The van der Waals surface area contributed by atoms with Crippen LogP contribution in [0.5, 0.6) is 0 Å². The van der Waals surface area contributed by atoms with Crippen LogP contribution in [0.15, 0.2) is 36.4 Å². The number of ether oxygens (including phenoxy) is 1. The van der Waals surface area contributed by atoms with Crippen LogP contribution in [0.3, 0.4) is 0 Å². The summed E-state index contributed by atoms with van der Waals surface area (Å²) in [5.74, 6) is 0.0924. The summed E-state index contributed by atoms with van der Waals surface area (Å²) < 4.78 is 32.2. The summed E-state index contributed by atoms with van der Waals surface area (Å²) >= 11 is 7.91. The topological polar surface area (TPSA) is 58.6 Å². The van der Waals surface area contributed by atoms with Crippen LogP contribution < -0.4 is 5.32 Å². The molecular weight excluding hydrogens is 404 g/mol. The van der Waals surface area contributed by atoms with Gasteiger partial charge in [0, 0.05) is 46.5 Å². The molecular formula is C19H25ClN2O3S2. The summed E-state index contributed by atoms with van der Waals surface area (Å²) in [6.45, 7) is 5.73. The van der Waals surface area contributed by atoms with E-state index in [9.17, 15) is 8.42 Å². The Balaban J connectivity index is 1.50. The molecule has 2 unspecified atom stereocenters. The first kappa shape index (κ1) is 20.8. The van der Waals surface area contributed by atoms with Gasteiger partial charge in [0.1, 0.15) is 0 Å². The van der Waals surface area contributed by atoms with Crippen LogP contribution >= 0.6 is 22.9 Å². The molecule has 1 saturated heterocycles. The zero-order valence-corrected chi connectivity index (χ0v) is 17.9. The van der Waals surface area contributed by atoms with Crippen molar-refractivity contribution in [2.75, 3.05) is 25.4 Å². The Morgan fingerprint density at radius 2 is 1.89 bits per heavy atom. The molecule has 148 valence electrons. The lowest BCUT2D eigenvalue weighted by molar-refractivity contribution is -0.0440. The number of thiophene rings is 1. The van der Waals surface area contributed by atoms with Gasteiger partial charge >= 0.3 is 0 Å². The van der Waals surface area contributed by atoms with Crippen LogP contribution in [0.4, 0.5) is 0 Å². The van der Waals surface area contributed by atoms with E-state index in [-0.39, 0.29) is 18.0 Å². The fourth-order valence-electron chi connectivity index (χ4n) is 3.18. The SMILES string of the molecule is CC1CN(S(=O)(=O)CCNCc2ccc(-c3ccccc3Cl)s2)CC(C)O1. The zero-order chi connectivity index (χ0) is 19.4. The summed E-state index contributed by atoms with van der Waals surface area (Å²) in [5, 5.41) is 3.97. The number of rotatable bonds is 7. The molecule has 1 fully saturated rings. The van der Waals surface area contributed by atoms with E-state index < -0.39 is 10.0 Å². The number of morpholine rings is 1. The molecule has 27 heavy (non-hydrogen) atoms. The molecule has 3 rings (SSSR count). The Labute approximate surface area is 170 Å². The summed E-state index contributed by atoms with van der Waals surface area (Å²) in [5.41, 5.74) is 1.02. The van der Waals surface area contributed by atoms with Crippen LogP contribution in [0.25, 0.3) is 10.4 Å². The van der Waals surface area contributed by atoms with E-state index in [4.69, 9.17) is 16.3 Å². The highest BCUT2D eigenvalue weighted by molar-refractivity contribution is 7.89. The van der Waals surface area contributed by atoms with Gasteiger partial charge in [-0.2, -0.15) is 4.31 Å². The molecule has 2 atom stereocenters. The van der Waals surface area contributed by atoms with Gasteiger partial charge in [-0.1, -0.05) is 29.8 Å². The molecule has 1 aromatic heterocycles. The lowest BCUT2D eigenvalue weighted by Gasteiger charge is -2.34. The van der Waals surface area contributed by atoms with Crippen LogP contribution in [0.2, 0.25) is 5.02 Å². The Morgan fingerprint density at radius 3 is 2.59 bits per heavy atom. The predicted molar refractivity (Wildman–Crippen MR) is 112 cm³/mol. The van der Waals surface area contributed by atoms with Gasteiger partial charge < -0.3 is 10.1 Å². The predicted octanol–water partition coefficient (Wildman–Crippen LogP) is 3.60. The van der Waals surface area contributed by atoms with Gasteiger partial charge in [0.2, 0.25) is 10.0 Å². The number of hydrogen-bond donors (Lipinski definition) is 1. The fourth-order valence-corrected chi connectivity index (χ4v) is 6.02. The molecule has 0 spiro atoms. The lowest BCUT2D eigenvalue weighted by atomic mass is 10.2. The highest BCUT2D eigenvalue weighted by Gasteiger charge is 2.30. The average Bonchev–Trinajstić information content (AvgIpc) is 3.07. The van der Waals surface area contributed by atoms with Gasteiger partial charge in [-0.15, -0.1) is 11.3 Å².